The quantitative estimate of drug-likeness (QED) is 0.642. The Balaban J connectivity index is 1.25. The summed E-state index contributed by atoms with van der Waals surface area (Å²) in [4.78, 5) is 27.3. The van der Waals surface area contributed by atoms with Crippen LogP contribution < -0.4 is 5.32 Å². The molecule has 146 valence electrons. The molecule has 10 heteroatoms. The monoisotopic (exact) mass is 400 g/mol. The van der Waals surface area contributed by atoms with E-state index in [1.807, 2.05) is 11.4 Å². The number of thiazole rings is 1. The van der Waals surface area contributed by atoms with Crippen LogP contribution in [0.15, 0.2) is 34.4 Å². The van der Waals surface area contributed by atoms with Gasteiger partial charge < -0.3 is 14.6 Å². The largest absolute Gasteiger partial charge is 0.379 e. The third-order valence-corrected chi connectivity index (χ3v) is 5.05. The van der Waals surface area contributed by atoms with E-state index >= 15 is 0 Å². The molecule has 1 amide bonds. The Labute approximate surface area is 165 Å². The number of morpholine rings is 1. The van der Waals surface area contributed by atoms with Crippen molar-refractivity contribution >= 4 is 22.4 Å². The number of aryl methyl sites for hydroxylation is 1. The molecule has 0 saturated carbocycles. The van der Waals surface area contributed by atoms with Crippen molar-refractivity contribution in [1.29, 1.82) is 0 Å². The maximum absolute atomic E-state index is 12.2. The molecular weight excluding hydrogens is 380 g/mol. The Hall–Kier alpha value is -2.69. The Morgan fingerprint density at radius 3 is 3.00 bits per heavy atom. The molecule has 3 aromatic rings. The Kier molecular flexibility index (Phi) is 6.00. The number of pyridine rings is 1. The van der Waals surface area contributed by atoms with Crippen molar-refractivity contribution in [3.05, 3.63) is 41.5 Å². The molecule has 28 heavy (non-hydrogen) atoms. The SMILES string of the molecule is O=C(CCc1nc(-c2cccnc2)no1)Nc1nc(CN2CCOCC2)cs1. The lowest BCUT2D eigenvalue weighted by Gasteiger charge is -2.25. The summed E-state index contributed by atoms with van der Waals surface area (Å²) in [6.45, 7) is 4.10. The first-order chi connectivity index (χ1) is 13.8. The molecule has 9 nitrogen and oxygen atoms in total. The van der Waals surface area contributed by atoms with E-state index < -0.39 is 0 Å². The van der Waals surface area contributed by atoms with Crippen LogP contribution in [0.3, 0.4) is 0 Å². The molecule has 1 fully saturated rings. The van der Waals surface area contributed by atoms with E-state index in [1.54, 1.807) is 18.5 Å². The van der Waals surface area contributed by atoms with Crippen LogP contribution in [0.4, 0.5) is 5.13 Å². The highest BCUT2D eigenvalue weighted by atomic mass is 32.1. The normalized spacial score (nSPS) is 14.9. The van der Waals surface area contributed by atoms with Crippen molar-refractivity contribution in [1.82, 2.24) is 25.0 Å². The average molecular weight is 400 g/mol. The van der Waals surface area contributed by atoms with Gasteiger partial charge in [-0.15, -0.1) is 11.3 Å². The summed E-state index contributed by atoms with van der Waals surface area (Å²) in [7, 11) is 0. The second-order valence-electron chi connectivity index (χ2n) is 6.33. The summed E-state index contributed by atoms with van der Waals surface area (Å²) in [5.74, 6) is 0.755. The van der Waals surface area contributed by atoms with Crippen LogP contribution >= 0.6 is 11.3 Å². The maximum Gasteiger partial charge on any atom is 0.227 e. The number of rotatable bonds is 7. The van der Waals surface area contributed by atoms with Gasteiger partial charge >= 0.3 is 0 Å². The van der Waals surface area contributed by atoms with Crippen molar-refractivity contribution in [3.63, 3.8) is 0 Å². The predicted octanol–water partition coefficient (Wildman–Crippen LogP) is 1.99. The highest BCUT2D eigenvalue weighted by Gasteiger charge is 2.14. The topological polar surface area (TPSA) is 106 Å². The van der Waals surface area contributed by atoms with Gasteiger partial charge in [0, 0.05) is 55.8 Å². The molecule has 0 spiro atoms. The van der Waals surface area contributed by atoms with E-state index in [9.17, 15) is 4.79 Å². The zero-order chi connectivity index (χ0) is 19.2. The van der Waals surface area contributed by atoms with Crippen molar-refractivity contribution in [3.8, 4) is 11.4 Å². The van der Waals surface area contributed by atoms with Gasteiger partial charge in [-0.2, -0.15) is 4.98 Å². The highest BCUT2D eigenvalue weighted by molar-refractivity contribution is 7.13. The van der Waals surface area contributed by atoms with Gasteiger partial charge in [-0.25, -0.2) is 4.98 Å². The number of ether oxygens (including phenoxy) is 1. The predicted molar refractivity (Wildman–Crippen MR) is 103 cm³/mol. The lowest BCUT2D eigenvalue weighted by Crippen LogP contribution is -2.35. The van der Waals surface area contributed by atoms with E-state index in [0.717, 1.165) is 44.1 Å². The van der Waals surface area contributed by atoms with Gasteiger partial charge in [0.1, 0.15) is 0 Å². The summed E-state index contributed by atoms with van der Waals surface area (Å²) < 4.78 is 10.6. The highest BCUT2D eigenvalue weighted by Crippen LogP contribution is 2.18. The smallest absolute Gasteiger partial charge is 0.227 e. The fourth-order valence-electron chi connectivity index (χ4n) is 2.80. The first kappa shape index (κ1) is 18.7. The number of carbonyl (C=O) groups is 1. The molecule has 0 bridgehead atoms. The minimum atomic E-state index is -0.131. The summed E-state index contributed by atoms with van der Waals surface area (Å²) in [5.41, 5.74) is 1.73. The van der Waals surface area contributed by atoms with Crippen molar-refractivity contribution in [2.24, 2.45) is 0 Å². The molecule has 3 aromatic heterocycles. The number of anilines is 1. The molecule has 0 radical (unpaired) electrons. The van der Waals surface area contributed by atoms with Crippen molar-refractivity contribution < 1.29 is 14.1 Å². The molecule has 0 aliphatic carbocycles. The molecule has 1 aliphatic rings. The van der Waals surface area contributed by atoms with Crippen molar-refractivity contribution in [2.45, 2.75) is 19.4 Å². The third-order valence-electron chi connectivity index (χ3n) is 4.24. The van der Waals surface area contributed by atoms with E-state index in [0.29, 0.717) is 23.3 Å². The molecule has 1 aliphatic heterocycles. The number of hydrogen-bond acceptors (Lipinski definition) is 9. The minimum Gasteiger partial charge on any atom is -0.379 e. The summed E-state index contributed by atoms with van der Waals surface area (Å²) in [6, 6.07) is 3.66. The Bertz CT molecular complexity index is 907. The molecule has 4 heterocycles. The lowest BCUT2D eigenvalue weighted by atomic mass is 10.2. The van der Waals surface area contributed by atoms with Crippen LogP contribution in [-0.4, -0.2) is 57.2 Å². The van der Waals surface area contributed by atoms with Crippen LogP contribution in [-0.2, 0) is 22.5 Å². The second-order valence-corrected chi connectivity index (χ2v) is 7.19. The molecule has 1 saturated heterocycles. The number of hydrogen-bond donors (Lipinski definition) is 1. The van der Waals surface area contributed by atoms with E-state index in [4.69, 9.17) is 9.26 Å². The van der Waals surface area contributed by atoms with Crippen LogP contribution in [0, 0.1) is 0 Å². The number of amides is 1. The fraction of sp³-hybridized carbons (Fsp3) is 0.389. The fourth-order valence-corrected chi connectivity index (χ4v) is 3.51. The zero-order valence-electron chi connectivity index (χ0n) is 15.2. The van der Waals surface area contributed by atoms with Crippen LogP contribution in [0.1, 0.15) is 18.0 Å². The van der Waals surface area contributed by atoms with E-state index in [1.165, 1.54) is 11.3 Å². The molecule has 4 rings (SSSR count). The lowest BCUT2D eigenvalue weighted by molar-refractivity contribution is -0.116. The van der Waals surface area contributed by atoms with Crippen LogP contribution in [0.25, 0.3) is 11.4 Å². The van der Waals surface area contributed by atoms with Crippen molar-refractivity contribution in [2.75, 3.05) is 31.6 Å². The first-order valence-corrected chi connectivity index (χ1v) is 9.91. The maximum atomic E-state index is 12.2. The summed E-state index contributed by atoms with van der Waals surface area (Å²) in [5, 5.41) is 9.34. The second kappa shape index (κ2) is 9.00. The minimum absolute atomic E-state index is 0.131. The van der Waals surface area contributed by atoms with Crippen LogP contribution in [0.5, 0.6) is 0 Å². The van der Waals surface area contributed by atoms with Gasteiger partial charge in [-0.05, 0) is 12.1 Å². The summed E-state index contributed by atoms with van der Waals surface area (Å²) in [6.07, 6.45) is 3.95. The van der Waals surface area contributed by atoms with Gasteiger partial charge in [0.25, 0.3) is 0 Å². The van der Waals surface area contributed by atoms with E-state index in [2.05, 4.69) is 30.3 Å². The molecule has 0 atom stereocenters. The Morgan fingerprint density at radius 2 is 2.18 bits per heavy atom. The van der Waals surface area contributed by atoms with Crippen LogP contribution in [0.2, 0.25) is 0 Å². The number of carbonyl (C=O) groups excluding carboxylic acids is 1. The molecular formula is C18H20N6O3S. The van der Waals surface area contributed by atoms with Gasteiger partial charge in [0.05, 0.1) is 18.9 Å². The first-order valence-electron chi connectivity index (χ1n) is 9.03. The summed E-state index contributed by atoms with van der Waals surface area (Å²) >= 11 is 1.43. The van der Waals surface area contributed by atoms with Gasteiger partial charge in [0.15, 0.2) is 5.13 Å². The van der Waals surface area contributed by atoms with Gasteiger partial charge in [-0.3, -0.25) is 14.7 Å². The third kappa shape index (κ3) is 4.97. The number of nitrogens with zero attached hydrogens (tertiary/aromatic N) is 5. The average Bonchev–Trinajstić information content (AvgIpc) is 3.38. The molecule has 1 N–H and O–H groups in total. The number of nitrogens with one attached hydrogen (secondary N) is 1. The van der Waals surface area contributed by atoms with E-state index in [-0.39, 0.29) is 12.3 Å². The Morgan fingerprint density at radius 1 is 1.29 bits per heavy atom. The standard InChI is InChI=1S/C18H20N6O3S/c25-15(3-4-16-22-17(23-27-16)13-2-1-5-19-10-13)21-18-20-14(12-28-18)11-24-6-8-26-9-7-24/h1-2,5,10,12H,3-4,6-9,11H2,(H,20,21,25). The van der Waals surface area contributed by atoms with Gasteiger partial charge in [0.2, 0.25) is 17.6 Å². The zero-order valence-corrected chi connectivity index (χ0v) is 16.0. The van der Waals surface area contributed by atoms with Gasteiger partial charge in [-0.1, -0.05) is 5.16 Å². The molecule has 0 unspecified atom stereocenters. The number of aromatic nitrogens is 4. The molecule has 0 aromatic carbocycles.